The molecule has 0 aliphatic rings. The van der Waals surface area contributed by atoms with Gasteiger partial charge in [-0.2, -0.15) is 0 Å². The quantitative estimate of drug-likeness (QED) is 0.389. The predicted molar refractivity (Wildman–Crippen MR) is 78.2 cm³/mol. The van der Waals surface area contributed by atoms with Gasteiger partial charge in [0.1, 0.15) is 6.10 Å². The van der Waals surface area contributed by atoms with Crippen LogP contribution in [0.4, 0.5) is 4.79 Å². The first-order chi connectivity index (χ1) is 9.70. The summed E-state index contributed by atoms with van der Waals surface area (Å²) in [5.41, 5.74) is 0. The number of rotatable bonds is 14. The van der Waals surface area contributed by atoms with E-state index in [0.717, 1.165) is 32.1 Å². The van der Waals surface area contributed by atoms with Crippen molar-refractivity contribution < 1.29 is 24.1 Å². The number of unbranched alkanes of at least 4 members (excludes halogenated alkanes) is 3. The topological polar surface area (TPSA) is 65.0 Å². The highest BCUT2D eigenvalue weighted by Crippen LogP contribution is 2.13. The van der Waals surface area contributed by atoms with E-state index in [-0.39, 0.29) is 6.10 Å². The van der Waals surface area contributed by atoms with Crippen molar-refractivity contribution in [2.24, 2.45) is 0 Å². The zero-order valence-electron chi connectivity index (χ0n) is 12.9. The molecule has 1 unspecified atom stereocenters. The van der Waals surface area contributed by atoms with Gasteiger partial charge in [-0.15, -0.1) is 0 Å². The maximum absolute atomic E-state index is 10.6. The highest BCUT2D eigenvalue weighted by Gasteiger charge is 2.13. The van der Waals surface area contributed by atoms with Crippen molar-refractivity contribution >= 4 is 6.16 Å². The smallest absolute Gasteiger partial charge is 0.450 e. The average molecular weight is 290 g/mol. The summed E-state index contributed by atoms with van der Waals surface area (Å²) in [6.07, 6.45) is 5.52. The van der Waals surface area contributed by atoms with Crippen LogP contribution in [0.3, 0.4) is 0 Å². The van der Waals surface area contributed by atoms with Crippen molar-refractivity contribution in [1.29, 1.82) is 0 Å². The van der Waals surface area contributed by atoms with Gasteiger partial charge in [0.25, 0.3) is 0 Å². The molecule has 1 atom stereocenters. The van der Waals surface area contributed by atoms with E-state index in [4.69, 9.17) is 19.3 Å². The fourth-order valence-electron chi connectivity index (χ4n) is 1.98. The third kappa shape index (κ3) is 13.6. The Bertz CT molecular complexity index is 220. The summed E-state index contributed by atoms with van der Waals surface area (Å²) in [6.45, 7) is 6.64. The van der Waals surface area contributed by atoms with E-state index in [0.29, 0.717) is 26.4 Å². The van der Waals surface area contributed by atoms with Gasteiger partial charge in [0.2, 0.25) is 0 Å². The maximum Gasteiger partial charge on any atom is 0.506 e. The molecular weight excluding hydrogens is 260 g/mol. The minimum absolute atomic E-state index is 0.195. The molecule has 0 fully saturated rings. The average Bonchev–Trinajstić information content (AvgIpc) is 2.41. The first-order valence-electron chi connectivity index (χ1n) is 7.75. The fraction of sp³-hybridized carbons (Fsp3) is 0.933. The Balaban J connectivity index is 3.61. The molecule has 0 saturated heterocycles. The number of hydrogen-bond acceptors (Lipinski definition) is 4. The maximum atomic E-state index is 10.6. The SMILES string of the molecule is CCCCCCC(CCCOCCOCC)OC(=O)O. The normalized spacial score (nSPS) is 12.3. The lowest BCUT2D eigenvalue weighted by Crippen LogP contribution is -2.18. The Kier molecular flexibility index (Phi) is 14.0. The summed E-state index contributed by atoms with van der Waals surface area (Å²) in [6, 6.07) is 0. The van der Waals surface area contributed by atoms with Gasteiger partial charge in [-0.05, 0) is 32.6 Å². The molecule has 0 bridgehead atoms. The first kappa shape index (κ1) is 19.2. The van der Waals surface area contributed by atoms with Gasteiger partial charge in [0.05, 0.1) is 13.2 Å². The second-order valence-electron chi connectivity index (χ2n) is 4.81. The highest BCUT2D eigenvalue weighted by atomic mass is 16.7. The molecule has 0 spiro atoms. The molecule has 0 rings (SSSR count). The minimum atomic E-state index is -1.18. The van der Waals surface area contributed by atoms with Gasteiger partial charge in [-0.25, -0.2) is 4.79 Å². The lowest BCUT2D eigenvalue weighted by Gasteiger charge is -2.15. The Morgan fingerprint density at radius 1 is 0.950 bits per heavy atom. The van der Waals surface area contributed by atoms with E-state index in [1.807, 2.05) is 6.92 Å². The number of hydrogen-bond donors (Lipinski definition) is 1. The molecule has 0 aliphatic heterocycles. The Morgan fingerprint density at radius 2 is 1.65 bits per heavy atom. The second kappa shape index (κ2) is 14.6. The van der Waals surface area contributed by atoms with E-state index in [1.165, 1.54) is 12.8 Å². The Labute approximate surface area is 122 Å². The number of carbonyl (C=O) groups is 1. The van der Waals surface area contributed by atoms with Crippen molar-refractivity contribution in [1.82, 2.24) is 0 Å². The summed E-state index contributed by atoms with van der Waals surface area (Å²) in [5.74, 6) is 0. The van der Waals surface area contributed by atoms with Gasteiger partial charge < -0.3 is 19.3 Å². The molecule has 0 radical (unpaired) electrons. The summed E-state index contributed by atoms with van der Waals surface area (Å²) < 4.78 is 15.5. The van der Waals surface area contributed by atoms with E-state index in [1.54, 1.807) is 0 Å². The van der Waals surface area contributed by atoms with E-state index < -0.39 is 6.16 Å². The zero-order valence-corrected chi connectivity index (χ0v) is 12.9. The molecule has 20 heavy (non-hydrogen) atoms. The third-order valence-corrected chi connectivity index (χ3v) is 3.04. The van der Waals surface area contributed by atoms with Crippen molar-refractivity contribution in [3.63, 3.8) is 0 Å². The number of carboxylic acid groups (broad SMARTS) is 1. The molecule has 0 aromatic heterocycles. The second-order valence-corrected chi connectivity index (χ2v) is 4.81. The lowest BCUT2D eigenvalue weighted by molar-refractivity contribution is 0.0286. The third-order valence-electron chi connectivity index (χ3n) is 3.04. The summed E-state index contributed by atoms with van der Waals surface area (Å²) in [5, 5.41) is 8.72. The largest absolute Gasteiger partial charge is 0.506 e. The predicted octanol–water partition coefficient (Wildman–Crippen LogP) is 3.85. The van der Waals surface area contributed by atoms with Crippen LogP contribution in [0, 0.1) is 0 Å². The molecule has 5 nitrogen and oxygen atoms in total. The molecule has 0 saturated carbocycles. The van der Waals surface area contributed by atoms with Crippen LogP contribution in [0.5, 0.6) is 0 Å². The molecule has 0 amide bonds. The van der Waals surface area contributed by atoms with Gasteiger partial charge in [0, 0.05) is 13.2 Å². The molecule has 1 N–H and O–H groups in total. The van der Waals surface area contributed by atoms with Crippen LogP contribution < -0.4 is 0 Å². The van der Waals surface area contributed by atoms with E-state index in [2.05, 4.69) is 6.92 Å². The van der Waals surface area contributed by atoms with Crippen molar-refractivity contribution in [2.45, 2.75) is 64.9 Å². The Hall–Kier alpha value is -0.810. The highest BCUT2D eigenvalue weighted by molar-refractivity contribution is 5.57. The van der Waals surface area contributed by atoms with Crippen LogP contribution in [0.2, 0.25) is 0 Å². The molecule has 0 aromatic rings. The molecule has 0 heterocycles. The summed E-state index contributed by atoms with van der Waals surface area (Å²) in [7, 11) is 0. The molecule has 0 aliphatic carbocycles. The summed E-state index contributed by atoms with van der Waals surface area (Å²) >= 11 is 0. The monoisotopic (exact) mass is 290 g/mol. The van der Waals surface area contributed by atoms with Crippen LogP contribution in [-0.2, 0) is 14.2 Å². The van der Waals surface area contributed by atoms with E-state index >= 15 is 0 Å². The van der Waals surface area contributed by atoms with Crippen LogP contribution in [0.1, 0.15) is 58.8 Å². The van der Waals surface area contributed by atoms with Crippen LogP contribution >= 0.6 is 0 Å². The lowest BCUT2D eigenvalue weighted by atomic mass is 10.1. The van der Waals surface area contributed by atoms with Gasteiger partial charge in [-0.3, -0.25) is 0 Å². The van der Waals surface area contributed by atoms with Crippen LogP contribution in [0.25, 0.3) is 0 Å². The van der Waals surface area contributed by atoms with Crippen LogP contribution in [0.15, 0.2) is 0 Å². The molecular formula is C15H30O5. The van der Waals surface area contributed by atoms with Crippen molar-refractivity contribution in [2.75, 3.05) is 26.4 Å². The van der Waals surface area contributed by atoms with Crippen molar-refractivity contribution in [3.05, 3.63) is 0 Å². The number of ether oxygens (including phenoxy) is 3. The Morgan fingerprint density at radius 3 is 2.30 bits per heavy atom. The van der Waals surface area contributed by atoms with E-state index in [9.17, 15) is 4.79 Å². The fourth-order valence-corrected chi connectivity index (χ4v) is 1.98. The summed E-state index contributed by atoms with van der Waals surface area (Å²) in [4.78, 5) is 10.6. The van der Waals surface area contributed by atoms with Gasteiger partial charge in [0.15, 0.2) is 0 Å². The zero-order chi connectivity index (χ0) is 15.1. The molecule has 120 valence electrons. The molecule has 0 aromatic carbocycles. The van der Waals surface area contributed by atoms with Gasteiger partial charge in [-0.1, -0.05) is 26.2 Å². The minimum Gasteiger partial charge on any atom is -0.450 e. The standard InChI is InChI=1S/C15H30O5/c1-3-5-6-7-9-14(20-15(16)17)10-8-11-19-13-12-18-4-2/h14H,3-13H2,1-2H3,(H,16,17). The van der Waals surface area contributed by atoms with Crippen LogP contribution in [-0.4, -0.2) is 43.8 Å². The molecule has 5 heteroatoms. The first-order valence-corrected chi connectivity index (χ1v) is 7.75. The van der Waals surface area contributed by atoms with Crippen molar-refractivity contribution in [3.8, 4) is 0 Å². The van der Waals surface area contributed by atoms with Gasteiger partial charge >= 0.3 is 6.16 Å².